The van der Waals surface area contributed by atoms with Gasteiger partial charge in [-0.25, -0.2) is 4.98 Å². The van der Waals surface area contributed by atoms with Crippen LogP contribution in [0.5, 0.6) is 0 Å². The van der Waals surface area contributed by atoms with E-state index in [9.17, 15) is 0 Å². The molecule has 1 rings (SSSR count). The van der Waals surface area contributed by atoms with Gasteiger partial charge in [0.25, 0.3) is 0 Å². The molecular weight excluding hydrogens is 236 g/mol. The molecule has 1 N–H and O–H groups in total. The lowest BCUT2D eigenvalue weighted by Gasteiger charge is -2.22. The first-order valence-electron chi connectivity index (χ1n) is 7.50. The summed E-state index contributed by atoms with van der Waals surface area (Å²) in [5, 5.41) is 3.40. The van der Waals surface area contributed by atoms with Crippen LogP contribution in [-0.4, -0.2) is 11.5 Å². The van der Waals surface area contributed by atoms with E-state index in [0.29, 0.717) is 11.3 Å². The van der Waals surface area contributed by atoms with Crippen molar-refractivity contribution in [2.24, 2.45) is 11.3 Å². The molecule has 110 valence electrons. The summed E-state index contributed by atoms with van der Waals surface area (Å²) in [6.07, 6.45) is 5.19. The van der Waals surface area contributed by atoms with Crippen molar-refractivity contribution in [1.82, 2.24) is 10.3 Å². The van der Waals surface area contributed by atoms with Crippen LogP contribution in [0.4, 0.5) is 0 Å². The summed E-state index contributed by atoms with van der Waals surface area (Å²) in [4.78, 5) is 4.39. The normalized spacial score (nSPS) is 15.5. The molecule has 1 aromatic heterocycles. The Morgan fingerprint density at radius 2 is 2.00 bits per heavy atom. The molecule has 3 nitrogen and oxygen atoms in total. The summed E-state index contributed by atoms with van der Waals surface area (Å²) in [7, 11) is 0. The van der Waals surface area contributed by atoms with Gasteiger partial charge in [-0.2, -0.15) is 0 Å². The van der Waals surface area contributed by atoms with Gasteiger partial charge in [-0.1, -0.05) is 34.6 Å². The van der Waals surface area contributed by atoms with Crippen molar-refractivity contribution >= 4 is 0 Å². The molecule has 0 spiro atoms. The first-order chi connectivity index (χ1) is 8.81. The summed E-state index contributed by atoms with van der Waals surface area (Å²) in [5.41, 5.74) is 0.373. The van der Waals surface area contributed by atoms with E-state index in [0.717, 1.165) is 31.0 Å². The monoisotopic (exact) mass is 266 g/mol. The van der Waals surface area contributed by atoms with Crippen molar-refractivity contribution in [1.29, 1.82) is 0 Å². The summed E-state index contributed by atoms with van der Waals surface area (Å²) in [5.74, 6) is 2.45. The van der Waals surface area contributed by atoms with Gasteiger partial charge in [0.1, 0.15) is 5.76 Å². The van der Waals surface area contributed by atoms with Crippen LogP contribution in [0.2, 0.25) is 0 Å². The number of nitrogens with zero attached hydrogens (tertiary/aromatic N) is 1. The van der Waals surface area contributed by atoms with Gasteiger partial charge < -0.3 is 9.73 Å². The molecular formula is C16H30N2O. The lowest BCUT2D eigenvalue weighted by atomic mass is 9.84. The van der Waals surface area contributed by atoms with Crippen LogP contribution in [0.1, 0.15) is 72.1 Å². The number of oxazole rings is 1. The number of aromatic nitrogens is 1. The molecule has 0 aliphatic carbocycles. The molecule has 0 saturated heterocycles. The van der Waals surface area contributed by atoms with Crippen molar-refractivity contribution in [2.45, 2.75) is 66.8 Å². The van der Waals surface area contributed by atoms with E-state index >= 15 is 0 Å². The van der Waals surface area contributed by atoms with Gasteiger partial charge in [0.15, 0.2) is 0 Å². The Morgan fingerprint density at radius 1 is 1.32 bits per heavy atom. The first-order valence-corrected chi connectivity index (χ1v) is 7.50. The summed E-state index contributed by atoms with van der Waals surface area (Å²) in [6, 6.07) is 0.201. The lowest BCUT2D eigenvalue weighted by molar-refractivity contribution is 0.291. The van der Waals surface area contributed by atoms with Crippen LogP contribution in [0.25, 0.3) is 0 Å². The number of hydrogen-bond acceptors (Lipinski definition) is 3. The Labute approximate surface area is 118 Å². The standard InChI is InChI=1S/C16H30N2O/c1-7-8-17-13(3)15-18-11-14(19-15)9-12(2)10-16(4,5)6/h11-13,17H,7-10H2,1-6H3. The van der Waals surface area contributed by atoms with E-state index < -0.39 is 0 Å². The summed E-state index contributed by atoms with van der Waals surface area (Å²) < 4.78 is 5.85. The average Bonchev–Trinajstić information content (AvgIpc) is 2.71. The third kappa shape index (κ3) is 6.24. The van der Waals surface area contributed by atoms with Gasteiger partial charge in [0.2, 0.25) is 5.89 Å². The second kappa shape index (κ2) is 7.09. The zero-order chi connectivity index (χ0) is 14.5. The Morgan fingerprint density at radius 3 is 2.58 bits per heavy atom. The lowest BCUT2D eigenvalue weighted by Crippen LogP contribution is -2.19. The van der Waals surface area contributed by atoms with Crippen LogP contribution in [0, 0.1) is 11.3 Å². The van der Waals surface area contributed by atoms with Gasteiger partial charge in [-0.05, 0) is 37.6 Å². The molecule has 0 aliphatic heterocycles. The molecule has 0 amide bonds. The van der Waals surface area contributed by atoms with Crippen LogP contribution < -0.4 is 5.32 Å². The second-order valence-electron chi connectivity index (χ2n) is 6.91. The van der Waals surface area contributed by atoms with Gasteiger partial charge in [-0.15, -0.1) is 0 Å². The van der Waals surface area contributed by atoms with E-state index in [4.69, 9.17) is 4.42 Å². The van der Waals surface area contributed by atoms with Gasteiger partial charge >= 0.3 is 0 Å². The average molecular weight is 266 g/mol. The topological polar surface area (TPSA) is 38.1 Å². The molecule has 0 aromatic carbocycles. The molecule has 2 atom stereocenters. The molecule has 1 aromatic rings. The largest absolute Gasteiger partial charge is 0.444 e. The van der Waals surface area contributed by atoms with Crippen molar-refractivity contribution < 1.29 is 4.42 Å². The highest BCUT2D eigenvalue weighted by atomic mass is 16.4. The minimum atomic E-state index is 0.201. The zero-order valence-corrected chi connectivity index (χ0v) is 13.4. The van der Waals surface area contributed by atoms with Crippen molar-refractivity contribution in [3.8, 4) is 0 Å². The maximum atomic E-state index is 5.85. The first kappa shape index (κ1) is 16.2. The molecule has 2 unspecified atom stereocenters. The predicted octanol–water partition coefficient (Wildman–Crippen LogP) is 4.35. The van der Waals surface area contributed by atoms with Gasteiger partial charge in [0, 0.05) is 6.42 Å². The van der Waals surface area contributed by atoms with Crippen LogP contribution >= 0.6 is 0 Å². The minimum absolute atomic E-state index is 0.201. The van der Waals surface area contributed by atoms with E-state index in [1.807, 2.05) is 6.20 Å². The molecule has 0 radical (unpaired) electrons. The Hall–Kier alpha value is -0.830. The quantitative estimate of drug-likeness (QED) is 0.797. The number of nitrogens with one attached hydrogen (secondary N) is 1. The fraction of sp³-hybridized carbons (Fsp3) is 0.812. The van der Waals surface area contributed by atoms with Gasteiger partial charge in [-0.3, -0.25) is 0 Å². The molecule has 19 heavy (non-hydrogen) atoms. The third-order valence-corrected chi connectivity index (χ3v) is 3.15. The number of hydrogen-bond donors (Lipinski definition) is 1. The van der Waals surface area contributed by atoms with Crippen LogP contribution in [-0.2, 0) is 6.42 Å². The fourth-order valence-corrected chi connectivity index (χ4v) is 2.53. The Balaban J connectivity index is 2.50. The smallest absolute Gasteiger partial charge is 0.211 e. The molecule has 0 aliphatic rings. The molecule has 0 saturated carbocycles. The molecule has 3 heteroatoms. The maximum Gasteiger partial charge on any atom is 0.211 e. The third-order valence-electron chi connectivity index (χ3n) is 3.15. The van der Waals surface area contributed by atoms with E-state index in [-0.39, 0.29) is 6.04 Å². The van der Waals surface area contributed by atoms with Gasteiger partial charge in [0.05, 0.1) is 12.2 Å². The molecule has 0 fully saturated rings. The SMILES string of the molecule is CCCNC(C)c1ncc(CC(C)CC(C)(C)C)o1. The van der Waals surface area contributed by atoms with Crippen LogP contribution in [0.3, 0.4) is 0 Å². The van der Waals surface area contributed by atoms with E-state index in [1.54, 1.807) is 0 Å². The summed E-state index contributed by atoms with van der Waals surface area (Å²) >= 11 is 0. The highest BCUT2D eigenvalue weighted by molar-refractivity contribution is 4.98. The molecule has 1 heterocycles. The van der Waals surface area contributed by atoms with Crippen molar-refractivity contribution in [3.05, 3.63) is 17.8 Å². The highest BCUT2D eigenvalue weighted by Crippen LogP contribution is 2.26. The molecule has 0 bridgehead atoms. The Kier molecular flexibility index (Phi) is 6.05. The highest BCUT2D eigenvalue weighted by Gasteiger charge is 2.18. The predicted molar refractivity (Wildman–Crippen MR) is 80.2 cm³/mol. The zero-order valence-electron chi connectivity index (χ0n) is 13.4. The van der Waals surface area contributed by atoms with E-state index in [1.165, 1.54) is 6.42 Å². The maximum absolute atomic E-state index is 5.85. The second-order valence-corrected chi connectivity index (χ2v) is 6.91. The Bertz CT molecular complexity index is 365. The summed E-state index contributed by atoms with van der Waals surface area (Å²) in [6.45, 7) is 14.4. The van der Waals surface area contributed by atoms with Crippen LogP contribution in [0.15, 0.2) is 10.6 Å². The van der Waals surface area contributed by atoms with Crippen molar-refractivity contribution in [3.63, 3.8) is 0 Å². The number of rotatable bonds is 7. The van der Waals surface area contributed by atoms with E-state index in [2.05, 4.69) is 51.8 Å². The van der Waals surface area contributed by atoms with Crippen molar-refractivity contribution in [2.75, 3.05) is 6.54 Å². The minimum Gasteiger partial charge on any atom is -0.444 e. The fourth-order valence-electron chi connectivity index (χ4n) is 2.53.